The largest absolute Gasteiger partial charge is 0.266 e. The summed E-state index contributed by atoms with van der Waals surface area (Å²) in [5.41, 5.74) is 3.53. The smallest absolute Gasteiger partial charge is 0.139 e. The number of nitrogens with one attached hydrogen (secondary N) is 1. The fraction of sp³-hybridized carbons (Fsp3) is 0.250. The molecule has 4 nitrogen and oxygen atoms in total. The Balaban J connectivity index is 0.000000492. The Bertz CT molecular complexity index is 467. The Hall–Kier alpha value is -1.82. The maximum absolute atomic E-state index is 12.6. The minimum Gasteiger partial charge on any atom is -0.266 e. The van der Waals surface area contributed by atoms with Crippen LogP contribution in [0.2, 0.25) is 0 Å². The molecule has 1 N–H and O–H groups in total. The Morgan fingerprint density at radius 1 is 1.33 bits per heavy atom. The lowest BCUT2D eigenvalue weighted by Crippen LogP contribution is -2.22. The fourth-order valence-corrected chi connectivity index (χ4v) is 1.27. The van der Waals surface area contributed by atoms with Gasteiger partial charge >= 0.3 is 0 Å². The van der Waals surface area contributed by atoms with E-state index in [9.17, 15) is 4.39 Å². The van der Waals surface area contributed by atoms with Crippen LogP contribution in [0.25, 0.3) is 0 Å². The number of hydrogen-bond donors (Lipinski definition) is 1. The number of thiocarbonyl (C=S) groups is 1. The summed E-state index contributed by atoms with van der Waals surface area (Å²) >= 11 is 5.09. The molecule has 0 amide bonds. The van der Waals surface area contributed by atoms with Crippen LogP contribution in [0.5, 0.6) is 0 Å². The number of benzene rings is 1. The number of halogens is 1. The van der Waals surface area contributed by atoms with Crippen molar-refractivity contribution in [2.75, 3.05) is 5.43 Å². The lowest BCUT2D eigenvalue weighted by Gasteiger charge is -2.06. The number of aromatic nitrogens is 3. The van der Waals surface area contributed by atoms with Gasteiger partial charge in [0.1, 0.15) is 23.5 Å². The minimum atomic E-state index is -0.290. The Labute approximate surface area is 111 Å². The summed E-state index contributed by atoms with van der Waals surface area (Å²) in [6.07, 6.45) is 4.12. The second kappa shape index (κ2) is 7.50. The molecule has 0 saturated heterocycles. The van der Waals surface area contributed by atoms with Crippen LogP contribution in [-0.4, -0.2) is 19.9 Å². The first-order valence-corrected chi connectivity index (χ1v) is 5.99. The molecule has 0 fully saturated rings. The zero-order valence-corrected chi connectivity index (χ0v) is 11.1. The molecule has 0 aliphatic rings. The zero-order valence-electron chi connectivity index (χ0n) is 10.3. The predicted molar refractivity (Wildman–Crippen MR) is 73.4 cm³/mol. The molecule has 1 aromatic heterocycles. The van der Waals surface area contributed by atoms with Crippen LogP contribution >= 0.6 is 12.2 Å². The second-order valence-electron chi connectivity index (χ2n) is 3.49. The highest BCUT2D eigenvalue weighted by Crippen LogP contribution is 2.03. The summed E-state index contributed by atoms with van der Waals surface area (Å²) in [5.74, 6) is -0.290. The maximum atomic E-state index is 12.6. The van der Waals surface area contributed by atoms with Gasteiger partial charge in [0.25, 0.3) is 0 Å². The molecule has 0 atom stereocenters. The lowest BCUT2D eigenvalue weighted by molar-refractivity contribution is 0.628. The Morgan fingerprint density at radius 2 is 1.94 bits per heavy atom. The molecule has 0 aliphatic heterocycles. The molecule has 6 heteroatoms. The van der Waals surface area contributed by atoms with Crippen LogP contribution in [0.1, 0.15) is 25.8 Å². The first-order chi connectivity index (χ1) is 8.67. The van der Waals surface area contributed by atoms with Gasteiger partial charge in [0, 0.05) is 5.56 Å². The molecule has 0 bridgehead atoms. The van der Waals surface area contributed by atoms with E-state index in [0.29, 0.717) is 4.99 Å². The maximum Gasteiger partial charge on any atom is 0.139 e. The van der Waals surface area contributed by atoms with Crippen molar-refractivity contribution >= 4 is 17.2 Å². The first-order valence-electron chi connectivity index (χ1n) is 5.59. The van der Waals surface area contributed by atoms with Gasteiger partial charge in [0.15, 0.2) is 0 Å². The van der Waals surface area contributed by atoms with Crippen LogP contribution in [-0.2, 0) is 0 Å². The fourth-order valence-electron chi connectivity index (χ4n) is 1.04. The molecule has 0 spiro atoms. The third-order valence-electron chi connectivity index (χ3n) is 1.74. The van der Waals surface area contributed by atoms with E-state index in [1.807, 2.05) is 0 Å². The number of nitrogens with zero attached hydrogens (tertiary/aromatic N) is 3. The van der Waals surface area contributed by atoms with Crippen LogP contribution in [0.15, 0.2) is 36.9 Å². The normalized spacial score (nSPS) is 9.28. The van der Waals surface area contributed by atoms with Gasteiger partial charge in [0.2, 0.25) is 0 Å². The number of rotatable bonds is 2. The van der Waals surface area contributed by atoms with Crippen molar-refractivity contribution in [1.29, 1.82) is 0 Å². The van der Waals surface area contributed by atoms with Crippen molar-refractivity contribution in [3.05, 3.63) is 48.3 Å². The van der Waals surface area contributed by atoms with E-state index in [1.54, 1.807) is 12.1 Å². The molecule has 1 aromatic carbocycles. The van der Waals surface area contributed by atoms with E-state index in [1.165, 1.54) is 36.0 Å². The van der Waals surface area contributed by atoms with Gasteiger partial charge in [0.05, 0.1) is 0 Å². The average molecular weight is 266 g/mol. The third kappa shape index (κ3) is 4.58. The summed E-state index contributed by atoms with van der Waals surface area (Å²) < 4.78 is 12.6. The predicted octanol–water partition coefficient (Wildman–Crippen LogP) is 2.75. The van der Waals surface area contributed by atoms with E-state index < -0.39 is 0 Å². The molecule has 0 saturated carbocycles. The Morgan fingerprint density at radius 3 is 2.44 bits per heavy atom. The highest BCUT2D eigenvalue weighted by atomic mass is 32.1. The van der Waals surface area contributed by atoms with Crippen molar-refractivity contribution in [2.24, 2.45) is 0 Å². The van der Waals surface area contributed by atoms with Crippen LogP contribution in [0.4, 0.5) is 4.39 Å². The van der Waals surface area contributed by atoms with Crippen LogP contribution < -0.4 is 5.43 Å². The van der Waals surface area contributed by atoms with Gasteiger partial charge in [-0.1, -0.05) is 32.5 Å². The molecular weight excluding hydrogens is 251 g/mol. The highest BCUT2D eigenvalue weighted by Gasteiger charge is 2.01. The topological polar surface area (TPSA) is 42.7 Å². The molecule has 0 aliphatic carbocycles. The van der Waals surface area contributed by atoms with Gasteiger partial charge < -0.3 is 0 Å². The summed E-state index contributed by atoms with van der Waals surface area (Å²) in [4.78, 5) is 5.59. The molecule has 2 rings (SSSR count). The molecule has 18 heavy (non-hydrogen) atoms. The summed E-state index contributed by atoms with van der Waals surface area (Å²) in [6, 6.07) is 5.90. The first kappa shape index (κ1) is 14.2. The van der Waals surface area contributed by atoms with E-state index in [4.69, 9.17) is 12.2 Å². The number of hydrogen-bond acceptors (Lipinski definition) is 3. The van der Waals surface area contributed by atoms with Crippen molar-refractivity contribution in [2.45, 2.75) is 20.3 Å². The van der Waals surface area contributed by atoms with Crippen molar-refractivity contribution in [1.82, 2.24) is 14.9 Å². The van der Waals surface area contributed by atoms with Crippen LogP contribution in [0.3, 0.4) is 0 Å². The van der Waals surface area contributed by atoms with Crippen molar-refractivity contribution in [3.8, 4) is 0 Å². The summed E-state index contributed by atoms with van der Waals surface area (Å²) in [5, 5.41) is 3.83. The summed E-state index contributed by atoms with van der Waals surface area (Å²) in [7, 11) is 0. The molecule has 96 valence electrons. The van der Waals surface area contributed by atoms with E-state index in [2.05, 4.69) is 29.4 Å². The van der Waals surface area contributed by atoms with Gasteiger partial charge in [-0.05, 0) is 24.3 Å². The van der Waals surface area contributed by atoms with E-state index >= 15 is 0 Å². The second-order valence-corrected chi connectivity index (χ2v) is 3.90. The molecule has 0 radical (unpaired) electrons. The SMILES string of the molecule is CCC.Fc1ccc(C(=S)Nn2cncn2)cc1. The van der Waals surface area contributed by atoms with Gasteiger partial charge in [-0.3, -0.25) is 5.43 Å². The highest BCUT2D eigenvalue weighted by molar-refractivity contribution is 7.81. The van der Waals surface area contributed by atoms with Gasteiger partial charge in [-0.25, -0.2) is 9.37 Å². The van der Waals surface area contributed by atoms with Gasteiger partial charge in [-0.2, -0.15) is 4.79 Å². The van der Waals surface area contributed by atoms with Crippen LogP contribution in [0, 0.1) is 5.82 Å². The average Bonchev–Trinajstić information content (AvgIpc) is 2.83. The monoisotopic (exact) mass is 266 g/mol. The van der Waals surface area contributed by atoms with E-state index in [-0.39, 0.29) is 5.82 Å². The van der Waals surface area contributed by atoms with Gasteiger partial charge in [-0.15, -0.1) is 5.10 Å². The standard InChI is InChI=1S/C9H7FN4S.C3H8/c10-8-3-1-7(2-4-8)9(15)13-14-6-11-5-12-14;1-3-2/h1-6H,(H,13,15);3H2,1-2H3. The zero-order chi connectivity index (χ0) is 13.4. The quantitative estimate of drug-likeness (QED) is 0.849. The molecule has 1 heterocycles. The minimum absolute atomic E-state index is 0.290. The van der Waals surface area contributed by atoms with Crippen molar-refractivity contribution < 1.29 is 4.39 Å². The lowest BCUT2D eigenvalue weighted by atomic mass is 10.2. The third-order valence-corrected chi connectivity index (χ3v) is 2.07. The summed E-state index contributed by atoms with van der Waals surface area (Å²) in [6.45, 7) is 4.25. The molecule has 0 unspecified atom stereocenters. The molecule has 2 aromatic rings. The Kier molecular flexibility index (Phi) is 5.93. The van der Waals surface area contributed by atoms with Crippen molar-refractivity contribution in [3.63, 3.8) is 0 Å². The van der Waals surface area contributed by atoms with E-state index in [0.717, 1.165) is 5.56 Å². The molecular formula is C12H15FN4S.